The van der Waals surface area contributed by atoms with E-state index in [1.165, 1.54) is 11.2 Å². The van der Waals surface area contributed by atoms with E-state index in [2.05, 4.69) is 0 Å². The minimum atomic E-state index is -0.780. The lowest BCUT2D eigenvalue weighted by Crippen LogP contribution is -2.29. The number of nitrogens with zero attached hydrogens (tertiary/aromatic N) is 2. The van der Waals surface area contributed by atoms with Crippen molar-refractivity contribution in [1.82, 2.24) is 9.47 Å². The largest absolute Gasteiger partial charge is 0.507 e. The van der Waals surface area contributed by atoms with E-state index in [9.17, 15) is 14.7 Å². The average molecular weight is 485 g/mol. The average Bonchev–Trinajstić information content (AvgIpc) is 3.57. The van der Waals surface area contributed by atoms with Crippen LogP contribution in [0.5, 0.6) is 5.75 Å². The Labute approximate surface area is 209 Å². The first-order valence-corrected chi connectivity index (χ1v) is 12.0. The molecule has 1 aliphatic heterocycles. The highest BCUT2D eigenvalue weighted by Crippen LogP contribution is 2.43. The van der Waals surface area contributed by atoms with Crippen LogP contribution >= 0.6 is 0 Å². The highest BCUT2D eigenvalue weighted by atomic mass is 16.5. The minimum absolute atomic E-state index is 0.0598. The van der Waals surface area contributed by atoms with Gasteiger partial charge in [0.05, 0.1) is 31.0 Å². The first kappa shape index (κ1) is 23.5. The normalized spacial score (nSPS) is 17.3. The van der Waals surface area contributed by atoms with Gasteiger partial charge in [-0.15, -0.1) is 0 Å². The molecule has 1 N–H and O–H groups in total. The van der Waals surface area contributed by atoms with Crippen molar-refractivity contribution in [3.63, 3.8) is 0 Å². The molecule has 3 heterocycles. The maximum absolute atomic E-state index is 13.4. The van der Waals surface area contributed by atoms with E-state index < -0.39 is 17.7 Å². The Balaban J connectivity index is 1.68. The van der Waals surface area contributed by atoms with Gasteiger partial charge in [-0.3, -0.25) is 9.59 Å². The van der Waals surface area contributed by atoms with E-state index >= 15 is 0 Å². The van der Waals surface area contributed by atoms with Gasteiger partial charge in [0.15, 0.2) is 0 Å². The van der Waals surface area contributed by atoms with Gasteiger partial charge in [0.1, 0.15) is 17.3 Å². The van der Waals surface area contributed by atoms with Crippen LogP contribution in [-0.4, -0.2) is 32.9 Å². The highest BCUT2D eigenvalue weighted by Gasteiger charge is 2.47. The van der Waals surface area contributed by atoms with Crippen molar-refractivity contribution in [3.8, 4) is 5.75 Å². The summed E-state index contributed by atoms with van der Waals surface area (Å²) in [6.45, 7) is 4.61. The Bertz CT molecular complexity index is 1480. The van der Waals surface area contributed by atoms with Crippen molar-refractivity contribution < 1.29 is 23.8 Å². The number of amides is 1. The van der Waals surface area contributed by atoms with Crippen molar-refractivity contribution in [3.05, 3.63) is 95.1 Å². The van der Waals surface area contributed by atoms with Gasteiger partial charge < -0.3 is 23.7 Å². The summed E-state index contributed by atoms with van der Waals surface area (Å²) in [5, 5.41) is 12.4. The second kappa shape index (κ2) is 9.41. The zero-order valence-electron chi connectivity index (χ0n) is 20.5. The van der Waals surface area contributed by atoms with E-state index in [0.717, 1.165) is 34.2 Å². The van der Waals surface area contributed by atoms with Gasteiger partial charge in [0, 0.05) is 35.3 Å². The molecule has 1 fully saturated rings. The summed E-state index contributed by atoms with van der Waals surface area (Å²) in [4.78, 5) is 28.2. The van der Waals surface area contributed by atoms with Gasteiger partial charge in [-0.2, -0.15) is 0 Å². The van der Waals surface area contributed by atoms with Crippen LogP contribution in [0.4, 0.5) is 0 Å². The number of hydrogen-bond donors (Lipinski definition) is 1. The quantitative estimate of drug-likeness (QED) is 0.213. The lowest BCUT2D eigenvalue weighted by atomic mass is 9.94. The molecule has 1 saturated heterocycles. The standard InChI is InChI=1S/C29H28N2O5/c1-4-13-36-24-12-11-19(15-18(24)2)27(32)25-26(22-17-30(3)23-10-6-5-9-21(22)23)31(29(34)28(25)33)16-20-8-7-14-35-20/h5-12,14-15,17,26,32H,4,13,16H2,1-3H3/b27-25+. The number of hydrogen-bond acceptors (Lipinski definition) is 5. The summed E-state index contributed by atoms with van der Waals surface area (Å²) in [6, 6.07) is 15.8. The van der Waals surface area contributed by atoms with E-state index in [1.807, 2.05) is 55.9 Å². The van der Waals surface area contributed by atoms with Crippen LogP contribution in [0.2, 0.25) is 0 Å². The molecule has 7 heteroatoms. The van der Waals surface area contributed by atoms with E-state index in [1.54, 1.807) is 30.3 Å². The fourth-order valence-electron chi connectivity index (χ4n) is 4.85. The number of para-hydroxylation sites is 1. The Morgan fingerprint density at radius 2 is 1.92 bits per heavy atom. The molecule has 1 unspecified atom stereocenters. The van der Waals surface area contributed by atoms with Crippen molar-refractivity contribution in [2.75, 3.05) is 6.61 Å². The molecule has 36 heavy (non-hydrogen) atoms. The Hall–Kier alpha value is -4.26. The number of aliphatic hydroxyl groups excluding tert-OH is 1. The van der Waals surface area contributed by atoms with Crippen molar-refractivity contribution in [2.45, 2.75) is 32.9 Å². The van der Waals surface area contributed by atoms with E-state index in [4.69, 9.17) is 9.15 Å². The van der Waals surface area contributed by atoms with Gasteiger partial charge in [0.25, 0.3) is 11.7 Å². The van der Waals surface area contributed by atoms with Crippen molar-refractivity contribution in [1.29, 1.82) is 0 Å². The summed E-state index contributed by atoms with van der Waals surface area (Å²) in [5.41, 5.74) is 3.07. The lowest BCUT2D eigenvalue weighted by Gasteiger charge is -2.24. The molecule has 184 valence electrons. The summed E-state index contributed by atoms with van der Waals surface area (Å²) >= 11 is 0. The number of aromatic nitrogens is 1. The van der Waals surface area contributed by atoms with Gasteiger partial charge in [0.2, 0.25) is 0 Å². The molecule has 0 spiro atoms. The number of aryl methyl sites for hydroxylation is 2. The molecular formula is C29H28N2O5. The number of carbonyl (C=O) groups is 2. The molecule has 2 aromatic heterocycles. The molecule has 0 radical (unpaired) electrons. The first-order valence-electron chi connectivity index (χ1n) is 12.0. The van der Waals surface area contributed by atoms with Crippen LogP contribution in [0.15, 0.2) is 77.0 Å². The predicted octanol–water partition coefficient (Wildman–Crippen LogP) is 5.49. The lowest BCUT2D eigenvalue weighted by molar-refractivity contribution is -0.140. The Kier molecular flexibility index (Phi) is 6.14. The molecule has 2 aromatic carbocycles. The van der Waals surface area contributed by atoms with E-state index in [-0.39, 0.29) is 17.9 Å². The third-order valence-corrected chi connectivity index (χ3v) is 6.58. The minimum Gasteiger partial charge on any atom is -0.507 e. The number of likely N-dealkylation sites (tertiary alicyclic amines) is 1. The summed E-state index contributed by atoms with van der Waals surface area (Å²) in [7, 11) is 1.92. The number of fused-ring (bicyclic) bond motifs is 1. The summed E-state index contributed by atoms with van der Waals surface area (Å²) in [6.07, 6.45) is 4.33. The van der Waals surface area contributed by atoms with Crippen LogP contribution < -0.4 is 4.74 Å². The second-order valence-corrected chi connectivity index (χ2v) is 9.05. The van der Waals surface area contributed by atoms with Crippen LogP contribution in [0.1, 0.15) is 41.8 Å². The van der Waals surface area contributed by atoms with Crippen molar-refractivity contribution >= 4 is 28.4 Å². The SMILES string of the molecule is CCCOc1ccc(/C(O)=C2\C(=O)C(=O)N(Cc3ccco3)C2c2cn(C)c3ccccc23)cc1C. The van der Waals surface area contributed by atoms with Crippen LogP contribution in [-0.2, 0) is 23.2 Å². The molecule has 1 atom stereocenters. The van der Waals surface area contributed by atoms with Crippen molar-refractivity contribution in [2.24, 2.45) is 7.05 Å². The monoisotopic (exact) mass is 484 g/mol. The summed E-state index contributed by atoms with van der Waals surface area (Å²) in [5.74, 6) is -0.336. The van der Waals surface area contributed by atoms with Gasteiger partial charge in [-0.25, -0.2) is 0 Å². The molecule has 0 bridgehead atoms. The molecule has 1 aliphatic rings. The fraction of sp³-hybridized carbons (Fsp3) is 0.241. The first-order chi connectivity index (χ1) is 17.4. The molecule has 7 nitrogen and oxygen atoms in total. The van der Waals surface area contributed by atoms with E-state index in [0.29, 0.717) is 17.9 Å². The maximum Gasteiger partial charge on any atom is 0.296 e. The highest BCUT2D eigenvalue weighted by molar-refractivity contribution is 6.46. The topological polar surface area (TPSA) is 84.9 Å². The third-order valence-electron chi connectivity index (χ3n) is 6.58. The number of benzene rings is 2. The molecule has 0 aliphatic carbocycles. The number of rotatable bonds is 7. The van der Waals surface area contributed by atoms with Gasteiger partial charge in [-0.1, -0.05) is 25.1 Å². The predicted molar refractivity (Wildman–Crippen MR) is 136 cm³/mol. The molecule has 1 amide bonds. The molecule has 4 aromatic rings. The second-order valence-electron chi connectivity index (χ2n) is 9.05. The number of carbonyl (C=O) groups excluding carboxylic acids is 2. The van der Waals surface area contributed by atoms with Gasteiger partial charge in [-0.05, 0) is 55.3 Å². The van der Waals surface area contributed by atoms with Gasteiger partial charge >= 0.3 is 0 Å². The number of furan rings is 1. The zero-order valence-corrected chi connectivity index (χ0v) is 20.5. The fourth-order valence-corrected chi connectivity index (χ4v) is 4.85. The molecular weight excluding hydrogens is 456 g/mol. The Morgan fingerprint density at radius 1 is 1.11 bits per heavy atom. The smallest absolute Gasteiger partial charge is 0.296 e. The number of ether oxygens (including phenoxy) is 1. The zero-order chi connectivity index (χ0) is 25.4. The number of ketones is 1. The third kappa shape index (κ3) is 3.96. The van der Waals surface area contributed by atoms with Crippen LogP contribution in [0, 0.1) is 6.92 Å². The number of Topliss-reactive ketones (excluding diaryl/α,β-unsaturated/α-hetero) is 1. The maximum atomic E-state index is 13.4. The molecule has 0 saturated carbocycles. The van der Waals surface area contributed by atoms with Crippen LogP contribution in [0.25, 0.3) is 16.7 Å². The van der Waals surface area contributed by atoms with Crippen LogP contribution in [0.3, 0.4) is 0 Å². The Morgan fingerprint density at radius 3 is 2.64 bits per heavy atom. The number of aliphatic hydroxyl groups is 1. The summed E-state index contributed by atoms with van der Waals surface area (Å²) < 4.78 is 13.2. The molecule has 5 rings (SSSR count).